The summed E-state index contributed by atoms with van der Waals surface area (Å²) in [6, 6.07) is 8.12. The van der Waals surface area contributed by atoms with Crippen LogP contribution in [0.15, 0.2) is 24.3 Å². The van der Waals surface area contributed by atoms with Crippen LogP contribution in [0.2, 0.25) is 0 Å². The summed E-state index contributed by atoms with van der Waals surface area (Å²) in [7, 11) is 0. The predicted molar refractivity (Wildman–Crippen MR) is 205 cm³/mol. The van der Waals surface area contributed by atoms with E-state index < -0.39 is 5.91 Å². The number of benzene rings is 1. The summed E-state index contributed by atoms with van der Waals surface area (Å²) in [5.41, 5.74) is 7.79. The number of para-hydroxylation sites is 1. The van der Waals surface area contributed by atoms with Crippen LogP contribution in [0.5, 0.6) is 5.75 Å². The second kappa shape index (κ2) is 33.4. The van der Waals surface area contributed by atoms with Crippen LogP contribution in [-0.2, 0) is 15.4 Å². The van der Waals surface area contributed by atoms with Gasteiger partial charge in [0, 0.05) is 0 Å². The molecule has 0 amide bonds. The van der Waals surface area contributed by atoms with Crippen LogP contribution < -0.4 is 10.5 Å². The highest BCUT2D eigenvalue weighted by atomic mass is 16.7. The molecule has 47 heavy (non-hydrogen) atoms. The molecular formula is C43H81NO3. The highest BCUT2D eigenvalue weighted by Gasteiger charge is 2.33. The smallest absolute Gasteiger partial charge is 0.256 e. The van der Waals surface area contributed by atoms with E-state index in [0.29, 0.717) is 19.8 Å². The van der Waals surface area contributed by atoms with Gasteiger partial charge in [0.05, 0.1) is 25.4 Å². The molecule has 0 aliphatic carbocycles. The average molecular weight is 660 g/mol. The summed E-state index contributed by atoms with van der Waals surface area (Å²) < 4.78 is 19.1. The van der Waals surface area contributed by atoms with Gasteiger partial charge in [-0.1, -0.05) is 206 Å². The van der Waals surface area contributed by atoms with Crippen molar-refractivity contribution in [1.29, 1.82) is 0 Å². The van der Waals surface area contributed by atoms with Crippen molar-refractivity contribution in [2.45, 2.75) is 219 Å². The third kappa shape index (κ3) is 25.5. The Morgan fingerprint density at radius 3 is 1.06 bits per heavy atom. The number of ether oxygens (including phenoxy) is 3. The quantitative estimate of drug-likeness (QED) is 0.0570. The summed E-state index contributed by atoms with van der Waals surface area (Å²) in [6.07, 6.45) is 39.2. The molecule has 1 aromatic carbocycles. The predicted octanol–water partition coefficient (Wildman–Crippen LogP) is 13.9. The highest BCUT2D eigenvalue weighted by Crippen LogP contribution is 2.31. The monoisotopic (exact) mass is 660 g/mol. The number of hydrogen-bond donors (Lipinski definition) is 1. The zero-order valence-electron chi connectivity index (χ0n) is 31.9. The molecule has 2 N–H and O–H groups in total. The number of hydrogen-bond acceptors (Lipinski definition) is 4. The van der Waals surface area contributed by atoms with E-state index in [1.54, 1.807) is 0 Å². The second-order valence-electron chi connectivity index (χ2n) is 14.3. The Hall–Kier alpha value is -1.10. The van der Waals surface area contributed by atoms with E-state index in [1.165, 1.54) is 173 Å². The number of unbranched alkanes of at least 4 members (excludes halogenated alkanes) is 27. The van der Waals surface area contributed by atoms with Crippen LogP contribution >= 0.6 is 0 Å². The van der Waals surface area contributed by atoms with Gasteiger partial charge in [-0.15, -0.1) is 0 Å². The van der Waals surface area contributed by atoms with E-state index in [1.807, 2.05) is 24.3 Å². The Labute approximate surface area is 294 Å². The van der Waals surface area contributed by atoms with Crippen molar-refractivity contribution in [3.8, 4) is 5.75 Å². The number of nitrogens with two attached hydrogens (primary N) is 1. The highest BCUT2D eigenvalue weighted by molar-refractivity contribution is 5.36. The summed E-state index contributed by atoms with van der Waals surface area (Å²) in [5, 5.41) is 0. The van der Waals surface area contributed by atoms with Crippen LogP contribution in [0.4, 0.5) is 0 Å². The van der Waals surface area contributed by atoms with E-state index >= 15 is 0 Å². The molecule has 0 radical (unpaired) electrons. The van der Waals surface area contributed by atoms with Gasteiger partial charge in [0.15, 0.2) is 0 Å². The minimum absolute atomic E-state index is 0.609. The maximum absolute atomic E-state index is 6.97. The summed E-state index contributed by atoms with van der Waals surface area (Å²) in [5.74, 6) is -0.468. The first-order valence-corrected chi connectivity index (χ1v) is 21.0. The van der Waals surface area contributed by atoms with Gasteiger partial charge in [-0.3, -0.25) is 5.73 Å². The minimum atomic E-state index is -1.27. The fourth-order valence-corrected chi connectivity index (χ4v) is 6.48. The molecular weight excluding hydrogens is 578 g/mol. The fourth-order valence-electron chi connectivity index (χ4n) is 6.48. The van der Waals surface area contributed by atoms with Crippen LogP contribution in [0.25, 0.3) is 0 Å². The Balaban J connectivity index is 2.50. The van der Waals surface area contributed by atoms with Crippen molar-refractivity contribution < 1.29 is 14.2 Å². The maximum atomic E-state index is 6.97. The molecule has 0 bridgehead atoms. The first-order valence-electron chi connectivity index (χ1n) is 21.0. The van der Waals surface area contributed by atoms with E-state index in [9.17, 15) is 0 Å². The number of rotatable bonds is 37. The van der Waals surface area contributed by atoms with E-state index in [4.69, 9.17) is 19.9 Å². The largest absolute Gasteiger partial charge is 0.493 e. The van der Waals surface area contributed by atoms with Crippen LogP contribution in [0, 0.1) is 0 Å². The van der Waals surface area contributed by atoms with Crippen LogP contribution in [0.1, 0.15) is 219 Å². The van der Waals surface area contributed by atoms with Gasteiger partial charge in [0.1, 0.15) is 5.75 Å². The SMILES string of the molecule is CCCCCCCCCCCCOc1ccccc1C(N)(OCCCCCCCCCCCC)OCCCCCCCCCCCC. The van der Waals surface area contributed by atoms with E-state index in [-0.39, 0.29) is 0 Å². The molecule has 0 atom stereocenters. The van der Waals surface area contributed by atoms with Crippen molar-refractivity contribution >= 4 is 0 Å². The lowest BCUT2D eigenvalue weighted by molar-refractivity contribution is -0.245. The molecule has 4 heteroatoms. The van der Waals surface area contributed by atoms with Crippen molar-refractivity contribution in [2.75, 3.05) is 19.8 Å². The fraction of sp³-hybridized carbons (Fsp3) is 0.860. The third-order valence-electron chi connectivity index (χ3n) is 9.65. The van der Waals surface area contributed by atoms with Gasteiger partial charge in [0.25, 0.3) is 5.91 Å². The Morgan fingerprint density at radius 1 is 0.404 bits per heavy atom. The van der Waals surface area contributed by atoms with Gasteiger partial charge in [0.2, 0.25) is 0 Å². The molecule has 1 aromatic rings. The molecule has 0 saturated carbocycles. The molecule has 0 saturated heterocycles. The first-order chi connectivity index (χ1) is 23.2. The molecule has 0 fully saturated rings. The molecule has 4 nitrogen and oxygen atoms in total. The average Bonchev–Trinajstić information content (AvgIpc) is 3.08. The lowest BCUT2D eigenvalue weighted by Gasteiger charge is -2.31. The van der Waals surface area contributed by atoms with Gasteiger partial charge in [-0.05, 0) is 31.4 Å². The normalized spacial score (nSPS) is 11.8. The standard InChI is InChI=1S/C43H81NO3/c1-4-7-10-13-16-19-22-25-28-33-38-45-42-37-32-31-36-41(42)43(44,46-39-34-29-26-23-20-17-14-11-8-5-2)47-40-35-30-27-24-21-18-15-12-9-6-3/h31-32,36-37H,4-30,33-35,38-40,44H2,1-3H3. The van der Waals surface area contributed by atoms with E-state index in [2.05, 4.69) is 20.8 Å². The van der Waals surface area contributed by atoms with E-state index in [0.717, 1.165) is 30.6 Å². The summed E-state index contributed by atoms with van der Waals surface area (Å²) >= 11 is 0. The molecule has 1 rings (SSSR count). The molecule has 0 aliphatic heterocycles. The van der Waals surface area contributed by atoms with Gasteiger partial charge in [-0.2, -0.15) is 0 Å². The van der Waals surface area contributed by atoms with Crippen LogP contribution in [0.3, 0.4) is 0 Å². The van der Waals surface area contributed by atoms with Gasteiger partial charge < -0.3 is 14.2 Å². The topological polar surface area (TPSA) is 53.7 Å². The Kier molecular flexibility index (Phi) is 31.2. The first kappa shape index (κ1) is 43.9. The van der Waals surface area contributed by atoms with Crippen molar-refractivity contribution in [3.05, 3.63) is 29.8 Å². The van der Waals surface area contributed by atoms with Gasteiger partial charge >= 0.3 is 0 Å². The molecule has 276 valence electrons. The lowest BCUT2D eigenvalue weighted by atomic mass is 10.1. The zero-order chi connectivity index (χ0) is 33.9. The van der Waals surface area contributed by atoms with Crippen LogP contribution in [-0.4, -0.2) is 19.8 Å². The Morgan fingerprint density at radius 2 is 0.702 bits per heavy atom. The van der Waals surface area contributed by atoms with Crippen molar-refractivity contribution in [2.24, 2.45) is 5.73 Å². The zero-order valence-corrected chi connectivity index (χ0v) is 31.9. The van der Waals surface area contributed by atoms with Crippen molar-refractivity contribution in [1.82, 2.24) is 0 Å². The van der Waals surface area contributed by atoms with Crippen molar-refractivity contribution in [3.63, 3.8) is 0 Å². The molecule has 0 unspecified atom stereocenters. The molecule has 0 heterocycles. The summed E-state index contributed by atoms with van der Waals surface area (Å²) in [6.45, 7) is 8.78. The minimum Gasteiger partial charge on any atom is -0.493 e. The third-order valence-corrected chi connectivity index (χ3v) is 9.65. The Bertz CT molecular complexity index is 743. The summed E-state index contributed by atoms with van der Waals surface area (Å²) in [4.78, 5) is 0. The van der Waals surface area contributed by atoms with Gasteiger partial charge in [-0.25, -0.2) is 0 Å². The molecule has 0 aromatic heterocycles. The maximum Gasteiger partial charge on any atom is 0.256 e. The second-order valence-corrected chi connectivity index (χ2v) is 14.3. The lowest BCUT2D eigenvalue weighted by Crippen LogP contribution is -2.43. The molecule has 0 spiro atoms. The molecule has 0 aliphatic rings.